The molecule has 0 saturated carbocycles. The molecule has 4 bridgehead atoms. The van der Waals surface area contributed by atoms with E-state index in [2.05, 4.69) is 52.3 Å². The molecule has 10 rings (SSSR count). The van der Waals surface area contributed by atoms with Crippen LogP contribution in [-0.4, -0.2) is 18.0 Å². The monoisotopic (exact) mass is 560 g/mol. The van der Waals surface area contributed by atoms with Crippen molar-refractivity contribution in [1.82, 2.24) is 0 Å². The minimum atomic E-state index is -0.890. The van der Waals surface area contributed by atoms with E-state index in [4.69, 9.17) is 4.99 Å². The van der Waals surface area contributed by atoms with Crippen molar-refractivity contribution in [3.8, 4) is 0 Å². The van der Waals surface area contributed by atoms with Crippen molar-refractivity contribution < 1.29 is 9.59 Å². The highest BCUT2D eigenvalue weighted by molar-refractivity contribution is 9.10. The third-order valence-electron chi connectivity index (χ3n) is 8.51. The molecule has 4 aromatic rings. The summed E-state index contributed by atoms with van der Waals surface area (Å²) in [5.74, 6) is -1.62. The maximum absolute atomic E-state index is 14.6. The van der Waals surface area contributed by atoms with E-state index in [-0.39, 0.29) is 17.7 Å². The molecule has 38 heavy (non-hydrogen) atoms. The van der Waals surface area contributed by atoms with E-state index in [9.17, 15) is 9.59 Å². The van der Waals surface area contributed by atoms with Crippen LogP contribution in [0.5, 0.6) is 0 Å². The van der Waals surface area contributed by atoms with Crippen LogP contribution in [0.15, 0.2) is 100 Å². The molecule has 0 unspecified atom stereocenters. The lowest BCUT2D eigenvalue weighted by Gasteiger charge is -2.48. The van der Waals surface area contributed by atoms with Gasteiger partial charge in [-0.25, -0.2) is 4.90 Å². The number of nitrogens with zero attached hydrogens (tertiary/aromatic N) is 2. The molecule has 0 radical (unpaired) electrons. The van der Waals surface area contributed by atoms with Gasteiger partial charge >= 0.3 is 0 Å². The molecule has 0 N–H and O–H groups in total. The standard InChI is InChI=1S/C33H25BrN2O2/c1-19-10-15-27(20(2)16-19)36-31(37)29-28-21-11-13-22(14-12-21)33(30(29)32(36)38,26-9-4-3-8-25(26)28)18-35-24-7-5-6-23(34)17-24/h3-18,28-30H,1-2H3/t28-,29-,30+,33-/m0/s1. The first kappa shape index (κ1) is 23.3. The molecule has 0 spiro atoms. The number of rotatable bonds is 3. The number of amides is 2. The lowest BCUT2D eigenvalue weighted by Crippen LogP contribution is -2.51. The Balaban J connectivity index is 1.52. The molecule has 5 aliphatic carbocycles. The maximum atomic E-state index is 14.6. The van der Waals surface area contributed by atoms with Gasteiger partial charge in [0.2, 0.25) is 11.8 Å². The zero-order valence-electron chi connectivity index (χ0n) is 21.1. The minimum absolute atomic E-state index is 0.130. The summed E-state index contributed by atoms with van der Waals surface area (Å²) >= 11 is 3.55. The van der Waals surface area contributed by atoms with E-state index in [1.165, 1.54) is 4.90 Å². The molecule has 1 aliphatic heterocycles. The van der Waals surface area contributed by atoms with Crippen LogP contribution in [0.25, 0.3) is 0 Å². The Morgan fingerprint density at radius 1 is 0.868 bits per heavy atom. The van der Waals surface area contributed by atoms with Gasteiger partial charge in [0.15, 0.2) is 0 Å². The van der Waals surface area contributed by atoms with E-state index < -0.39 is 17.3 Å². The van der Waals surface area contributed by atoms with Crippen LogP contribution in [0.3, 0.4) is 0 Å². The number of halogens is 1. The van der Waals surface area contributed by atoms with Crippen LogP contribution >= 0.6 is 15.9 Å². The molecular weight excluding hydrogens is 536 g/mol. The van der Waals surface area contributed by atoms with E-state index >= 15 is 0 Å². The smallest absolute Gasteiger partial charge is 0.239 e. The fraction of sp³-hybridized carbons (Fsp3) is 0.182. The maximum Gasteiger partial charge on any atom is 0.239 e. The first-order chi connectivity index (χ1) is 18.4. The lowest BCUT2D eigenvalue weighted by molar-refractivity contribution is -0.122. The second kappa shape index (κ2) is 8.34. The highest BCUT2D eigenvalue weighted by atomic mass is 79.9. The predicted molar refractivity (Wildman–Crippen MR) is 153 cm³/mol. The molecule has 1 fully saturated rings. The Morgan fingerprint density at radius 3 is 2.42 bits per heavy atom. The number of aryl methyl sites for hydroxylation is 2. The topological polar surface area (TPSA) is 49.7 Å². The quantitative estimate of drug-likeness (QED) is 0.199. The van der Waals surface area contributed by atoms with E-state index in [1.807, 2.05) is 74.7 Å². The van der Waals surface area contributed by atoms with E-state index in [0.717, 1.165) is 43.5 Å². The highest BCUT2D eigenvalue weighted by Crippen LogP contribution is 2.60. The third-order valence-corrected chi connectivity index (χ3v) is 9.00. The molecule has 4 atom stereocenters. The summed E-state index contributed by atoms with van der Waals surface area (Å²) in [7, 11) is 0. The van der Waals surface area contributed by atoms with Gasteiger partial charge in [0.25, 0.3) is 0 Å². The molecule has 4 nitrogen and oxygen atoms in total. The number of carbonyl (C=O) groups excluding carboxylic acids is 2. The van der Waals surface area contributed by atoms with Crippen LogP contribution in [-0.2, 0) is 15.0 Å². The third kappa shape index (κ3) is 3.11. The van der Waals surface area contributed by atoms with Gasteiger partial charge in [0, 0.05) is 16.6 Å². The fourth-order valence-corrected chi connectivity index (χ4v) is 7.34. The van der Waals surface area contributed by atoms with Gasteiger partial charge in [-0.05, 0) is 65.9 Å². The van der Waals surface area contributed by atoms with Gasteiger partial charge in [-0.3, -0.25) is 14.6 Å². The van der Waals surface area contributed by atoms with Crippen molar-refractivity contribution in [2.45, 2.75) is 25.2 Å². The van der Waals surface area contributed by atoms with Gasteiger partial charge in [-0.2, -0.15) is 0 Å². The van der Waals surface area contributed by atoms with Crippen molar-refractivity contribution in [2.75, 3.05) is 4.90 Å². The summed E-state index contributed by atoms with van der Waals surface area (Å²) in [6.07, 6.45) is 1.93. The van der Waals surface area contributed by atoms with E-state index in [1.54, 1.807) is 0 Å². The van der Waals surface area contributed by atoms with E-state index in [0.29, 0.717) is 5.69 Å². The number of carbonyl (C=O) groups is 2. The second-order valence-corrected chi connectivity index (χ2v) is 11.5. The Labute approximate surface area is 230 Å². The van der Waals surface area contributed by atoms with Crippen LogP contribution < -0.4 is 4.90 Å². The molecule has 4 aromatic carbocycles. The molecule has 6 aliphatic rings. The van der Waals surface area contributed by atoms with Crippen molar-refractivity contribution in [3.05, 3.63) is 129 Å². The second-order valence-electron chi connectivity index (χ2n) is 10.6. The largest absolute Gasteiger partial charge is 0.274 e. The molecular formula is C33H25BrN2O2. The normalized spacial score (nSPS) is 25.0. The summed E-state index contributed by atoms with van der Waals surface area (Å²) in [6.45, 7) is 3.98. The number of hydrogen-bond donors (Lipinski definition) is 0. The average Bonchev–Trinajstić information content (AvgIpc) is 3.15. The van der Waals surface area contributed by atoms with Gasteiger partial charge in [-0.1, -0.05) is 88.2 Å². The van der Waals surface area contributed by atoms with Crippen molar-refractivity contribution in [1.29, 1.82) is 0 Å². The zero-order valence-corrected chi connectivity index (χ0v) is 22.6. The summed E-state index contributed by atoms with van der Waals surface area (Å²) in [5.41, 5.74) is 6.77. The van der Waals surface area contributed by atoms with Crippen LogP contribution in [0.1, 0.15) is 39.3 Å². The first-order valence-corrected chi connectivity index (χ1v) is 13.6. The van der Waals surface area contributed by atoms with Gasteiger partial charge in [0.05, 0.1) is 28.6 Å². The number of anilines is 1. The van der Waals surface area contributed by atoms with Crippen LogP contribution in [0.2, 0.25) is 0 Å². The number of aliphatic imine (C=N–C) groups is 1. The minimum Gasteiger partial charge on any atom is -0.274 e. The summed E-state index contributed by atoms with van der Waals surface area (Å²) in [6, 6.07) is 30.4. The highest BCUT2D eigenvalue weighted by Gasteiger charge is 2.65. The van der Waals surface area contributed by atoms with Crippen LogP contribution in [0, 0.1) is 25.7 Å². The number of imide groups is 1. The van der Waals surface area contributed by atoms with Gasteiger partial charge in [0.1, 0.15) is 0 Å². The zero-order chi connectivity index (χ0) is 26.2. The molecule has 0 aromatic heterocycles. The Morgan fingerprint density at radius 2 is 1.66 bits per heavy atom. The summed E-state index contributed by atoms with van der Waals surface area (Å²) in [4.78, 5) is 35.4. The Kier molecular flexibility index (Phi) is 5.11. The van der Waals surface area contributed by atoms with Crippen LogP contribution in [0.4, 0.5) is 11.4 Å². The average molecular weight is 561 g/mol. The predicted octanol–water partition coefficient (Wildman–Crippen LogP) is 7.02. The lowest BCUT2D eigenvalue weighted by atomic mass is 9.52. The number of benzene rings is 4. The Hall–Kier alpha value is -3.83. The molecule has 1 heterocycles. The van der Waals surface area contributed by atoms with Gasteiger partial charge < -0.3 is 0 Å². The molecule has 5 heteroatoms. The summed E-state index contributed by atoms with van der Waals surface area (Å²) in [5, 5.41) is 0. The molecule has 1 saturated heterocycles. The van der Waals surface area contributed by atoms with Crippen molar-refractivity contribution in [3.63, 3.8) is 0 Å². The van der Waals surface area contributed by atoms with Crippen molar-refractivity contribution >= 4 is 45.3 Å². The van der Waals surface area contributed by atoms with Crippen molar-refractivity contribution in [2.24, 2.45) is 16.8 Å². The fourth-order valence-electron chi connectivity index (χ4n) is 6.95. The molecule has 2 amide bonds. The number of hydrogen-bond acceptors (Lipinski definition) is 3. The first-order valence-electron chi connectivity index (χ1n) is 12.9. The SMILES string of the molecule is Cc1ccc(N2C(=O)[C@H]3[C@H]4c5ccc(cc5)[C@@](C=Nc5cccc(Br)c5)(c5ccccc54)[C@H]3C2=O)c(C)c1. The Bertz CT molecular complexity index is 1670. The van der Waals surface area contributed by atoms with Gasteiger partial charge in [-0.15, -0.1) is 0 Å². The molecule has 186 valence electrons. The summed E-state index contributed by atoms with van der Waals surface area (Å²) < 4.78 is 0.932.